The van der Waals surface area contributed by atoms with Crippen molar-refractivity contribution in [2.24, 2.45) is 0 Å². The summed E-state index contributed by atoms with van der Waals surface area (Å²) >= 11 is 7.52. The minimum absolute atomic E-state index is 0.300. The quantitative estimate of drug-likeness (QED) is 0.707. The summed E-state index contributed by atoms with van der Waals surface area (Å²) in [6.07, 6.45) is 5.43. The van der Waals surface area contributed by atoms with Crippen molar-refractivity contribution in [3.8, 4) is 0 Å². The number of rotatable bonds is 5. The van der Waals surface area contributed by atoms with E-state index in [1.807, 2.05) is 25.1 Å². The van der Waals surface area contributed by atoms with E-state index in [0.717, 1.165) is 33.7 Å². The average molecular weight is 433 g/mol. The molecule has 29 heavy (non-hydrogen) atoms. The van der Waals surface area contributed by atoms with Crippen LogP contribution in [0, 0.1) is 6.92 Å². The molecule has 1 aliphatic carbocycles. The molecule has 2 N–H and O–H groups in total. The minimum atomic E-state index is -0.805. The minimum Gasteiger partial charge on any atom is -0.323 e. The Balaban J connectivity index is 1.36. The van der Waals surface area contributed by atoms with E-state index in [1.165, 1.54) is 11.3 Å². The van der Waals surface area contributed by atoms with Gasteiger partial charge in [0.2, 0.25) is 5.91 Å². The van der Waals surface area contributed by atoms with E-state index >= 15 is 0 Å². The highest BCUT2D eigenvalue weighted by Crippen LogP contribution is 2.35. The molecule has 152 valence electrons. The first-order valence-corrected chi connectivity index (χ1v) is 10.7. The Morgan fingerprint density at radius 2 is 2.10 bits per heavy atom. The van der Waals surface area contributed by atoms with Gasteiger partial charge in [-0.2, -0.15) is 0 Å². The van der Waals surface area contributed by atoms with Crippen LogP contribution in [0.5, 0.6) is 0 Å². The first-order chi connectivity index (χ1) is 13.9. The SMILES string of the molecule is Cc1ccc(Cc2cnc(NC(=O)CN3C(=O)NC4(CCCC4)C3=O)s2)cc1Cl. The molecule has 0 atom stereocenters. The number of thiazole rings is 1. The number of anilines is 1. The Labute approximate surface area is 177 Å². The molecular weight excluding hydrogens is 412 g/mol. The summed E-state index contributed by atoms with van der Waals surface area (Å²) in [7, 11) is 0. The number of nitrogens with zero attached hydrogens (tertiary/aromatic N) is 2. The van der Waals surface area contributed by atoms with Crippen LogP contribution in [0.3, 0.4) is 0 Å². The molecule has 1 aromatic heterocycles. The van der Waals surface area contributed by atoms with E-state index in [-0.39, 0.29) is 12.5 Å². The molecule has 2 fully saturated rings. The van der Waals surface area contributed by atoms with E-state index in [9.17, 15) is 14.4 Å². The Morgan fingerprint density at radius 3 is 2.83 bits per heavy atom. The molecule has 1 saturated carbocycles. The lowest BCUT2D eigenvalue weighted by Crippen LogP contribution is -2.44. The monoisotopic (exact) mass is 432 g/mol. The van der Waals surface area contributed by atoms with Crippen LogP contribution in [-0.2, 0) is 16.0 Å². The number of carbonyl (C=O) groups is 3. The van der Waals surface area contributed by atoms with Gasteiger partial charge >= 0.3 is 6.03 Å². The third-order valence-electron chi connectivity index (χ3n) is 5.42. The van der Waals surface area contributed by atoms with E-state index in [1.54, 1.807) is 6.20 Å². The summed E-state index contributed by atoms with van der Waals surface area (Å²) in [5.41, 5.74) is 1.27. The van der Waals surface area contributed by atoms with Gasteiger partial charge in [0.25, 0.3) is 5.91 Å². The van der Waals surface area contributed by atoms with Crippen molar-refractivity contribution in [3.63, 3.8) is 0 Å². The highest BCUT2D eigenvalue weighted by atomic mass is 35.5. The van der Waals surface area contributed by atoms with Gasteiger partial charge in [0, 0.05) is 22.5 Å². The molecule has 4 rings (SSSR count). The van der Waals surface area contributed by atoms with Crippen molar-refractivity contribution < 1.29 is 14.4 Å². The van der Waals surface area contributed by atoms with Crippen LogP contribution in [-0.4, -0.2) is 39.8 Å². The third-order valence-corrected chi connectivity index (χ3v) is 6.74. The normalized spacial score (nSPS) is 17.8. The average Bonchev–Trinajstić information content (AvgIpc) is 3.37. The molecule has 7 nitrogen and oxygen atoms in total. The van der Waals surface area contributed by atoms with Gasteiger partial charge in [0.05, 0.1) is 0 Å². The predicted octanol–water partition coefficient (Wildman–Crippen LogP) is 3.50. The van der Waals surface area contributed by atoms with Crippen molar-refractivity contribution in [1.29, 1.82) is 0 Å². The predicted molar refractivity (Wildman–Crippen MR) is 111 cm³/mol. The molecule has 2 aliphatic rings. The highest BCUT2D eigenvalue weighted by molar-refractivity contribution is 7.15. The highest BCUT2D eigenvalue weighted by Gasteiger charge is 2.52. The maximum Gasteiger partial charge on any atom is 0.325 e. The van der Waals surface area contributed by atoms with Gasteiger partial charge in [-0.15, -0.1) is 11.3 Å². The largest absolute Gasteiger partial charge is 0.325 e. The molecule has 0 unspecified atom stereocenters. The number of imide groups is 1. The fraction of sp³-hybridized carbons (Fsp3) is 0.400. The number of nitrogens with one attached hydrogen (secondary N) is 2. The summed E-state index contributed by atoms with van der Waals surface area (Å²) in [6.45, 7) is 1.64. The maximum absolute atomic E-state index is 12.6. The lowest BCUT2D eigenvalue weighted by atomic mass is 9.98. The molecule has 9 heteroatoms. The zero-order chi connectivity index (χ0) is 20.6. The van der Waals surface area contributed by atoms with E-state index in [2.05, 4.69) is 15.6 Å². The van der Waals surface area contributed by atoms with Crippen molar-refractivity contribution in [1.82, 2.24) is 15.2 Å². The van der Waals surface area contributed by atoms with Crippen molar-refractivity contribution >= 4 is 45.9 Å². The van der Waals surface area contributed by atoms with Crippen molar-refractivity contribution in [2.45, 2.75) is 44.6 Å². The van der Waals surface area contributed by atoms with Gasteiger partial charge in [0.15, 0.2) is 5.13 Å². The molecule has 1 spiro atoms. The fourth-order valence-electron chi connectivity index (χ4n) is 3.83. The van der Waals surface area contributed by atoms with Crippen LogP contribution in [0.2, 0.25) is 5.02 Å². The molecule has 1 aliphatic heterocycles. The second-order valence-corrected chi connectivity index (χ2v) is 9.07. The Kier molecular flexibility index (Phi) is 5.31. The number of aryl methyl sites for hydroxylation is 1. The van der Waals surface area contributed by atoms with E-state index in [0.29, 0.717) is 29.4 Å². The van der Waals surface area contributed by atoms with Crippen LogP contribution < -0.4 is 10.6 Å². The second kappa shape index (κ2) is 7.76. The fourth-order valence-corrected chi connectivity index (χ4v) is 4.90. The summed E-state index contributed by atoms with van der Waals surface area (Å²) < 4.78 is 0. The van der Waals surface area contributed by atoms with Gasteiger partial charge in [-0.3, -0.25) is 14.5 Å². The summed E-state index contributed by atoms with van der Waals surface area (Å²) in [6, 6.07) is 5.40. The number of carbonyl (C=O) groups excluding carboxylic acids is 3. The Bertz CT molecular complexity index is 984. The van der Waals surface area contributed by atoms with Crippen molar-refractivity contribution in [2.75, 3.05) is 11.9 Å². The Morgan fingerprint density at radius 1 is 1.34 bits per heavy atom. The summed E-state index contributed by atoms with van der Waals surface area (Å²) in [5, 5.41) is 6.61. The molecule has 1 aromatic carbocycles. The van der Waals surface area contributed by atoms with Crippen molar-refractivity contribution in [3.05, 3.63) is 45.4 Å². The standard InChI is InChI=1S/C20H21ClN4O3S/c1-12-4-5-13(9-15(12)21)8-14-10-22-18(29-14)23-16(26)11-25-17(27)20(24-19(25)28)6-2-3-7-20/h4-5,9-10H,2-3,6-8,11H2,1H3,(H,24,28)(H,22,23,26). The van der Waals surface area contributed by atoms with Gasteiger partial charge in [-0.05, 0) is 37.0 Å². The topological polar surface area (TPSA) is 91.4 Å². The van der Waals surface area contributed by atoms with Crippen LogP contribution in [0.15, 0.2) is 24.4 Å². The second-order valence-electron chi connectivity index (χ2n) is 7.55. The van der Waals surface area contributed by atoms with Crippen LogP contribution >= 0.6 is 22.9 Å². The molecule has 2 heterocycles. The molecule has 1 saturated heterocycles. The van der Waals surface area contributed by atoms with Crippen LogP contribution in [0.25, 0.3) is 0 Å². The zero-order valence-electron chi connectivity index (χ0n) is 16.0. The van der Waals surface area contributed by atoms with E-state index < -0.39 is 17.5 Å². The number of hydrogen-bond donors (Lipinski definition) is 2. The summed E-state index contributed by atoms with van der Waals surface area (Å²) in [4.78, 5) is 43.4. The first kappa shape index (κ1) is 19.8. The number of aromatic nitrogens is 1. The van der Waals surface area contributed by atoms with Crippen LogP contribution in [0.1, 0.15) is 41.7 Å². The van der Waals surface area contributed by atoms with Gasteiger partial charge in [-0.1, -0.05) is 36.6 Å². The number of benzene rings is 1. The van der Waals surface area contributed by atoms with Gasteiger partial charge in [0.1, 0.15) is 12.1 Å². The zero-order valence-corrected chi connectivity index (χ0v) is 17.5. The molecule has 0 radical (unpaired) electrons. The number of amides is 4. The molecule has 2 aromatic rings. The lowest BCUT2D eigenvalue weighted by molar-refractivity contribution is -0.133. The molecular formula is C20H21ClN4O3S. The summed E-state index contributed by atoms with van der Waals surface area (Å²) in [5.74, 6) is -0.742. The molecule has 4 amide bonds. The first-order valence-electron chi connectivity index (χ1n) is 9.50. The number of halogens is 1. The molecule has 0 bridgehead atoms. The third kappa shape index (κ3) is 4.00. The van der Waals surface area contributed by atoms with Crippen LogP contribution in [0.4, 0.5) is 9.93 Å². The number of hydrogen-bond acceptors (Lipinski definition) is 5. The van der Waals surface area contributed by atoms with E-state index in [4.69, 9.17) is 11.6 Å². The number of urea groups is 1. The smallest absolute Gasteiger partial charge is 0.323 e. The maximum atomic E-state index is 12.6. The lowest BCUT2D eigenvalue weighted by Gasteiger charge is -2.19. The van der Waals surface area contributed by atoms with Gasteiger partial charge < -0.3 is 10.6 Å². The van der Waals surface area contributed by atoms with Gasteiger partial charge in [-0.25, -0.2) is 9.78 Å². The Hall–Kier alpha value is -2.45.